The third-order valence-corrected chi connectivity index (χ3v) is 3.36. The lowest BCUT2D eigenvalue weighted by Crippen LogP contribution is -2.47. The molecule has 0 bridgehead atoms. The van der Waals surface area contributed by atoms with E-state index in [1.54, 1.807) is 12.4 Å². The second-order valence-electron chi connectivity index (χ2n) is 5.26. The Labute approximate surface area is 125 Å². The van der Waals surface area contributed by atoms with Crippen LogP contribution in [0.1, 0.15) is 19.4 Å². The Morgan fingerprint density at radius 3 is 3.14 bits per heavy atom. The van der Waals surface area contributed by atoms with E-state index in [9.17, 15) is 0 Å². The van der Waals surface area contributed by atoms with Gasteiger partial charge in [0.05, 0.1) is 12.8 Å². The molecule has 0 amide bonds. The smallest absolute Gasteiger partial charge is 0.138 e. The van der Waals surface area contributed by atoms with Crippen molar-refractivity contribution in [3.05, 3.63) is 24.0 Å². The van der Waals surface area contributed by atoms with Crippen LogP contribution in [0.15, 0.2) is 18.5 Å². The molecule has 5 nitrogen and oxygen atoms in total. The van der Waals surface area contributed by atoms with Gasteiger partial charge >= 0.3 is 0 Å². The first kappa shape index (κ1) is 15.8. The topological polar surface area (TPSA) is 54.8 Å². The minimum absolute atomic E-state index is 0.0772. The molecule has 2 rings (SSSR count). The molecule has 2 heterocycles. The normalized spacial score (nSPS) is 19.1. The average Bonchev–Trinajstić information content (AvgIpc) is 2.51. The van der Waals surface area contributed by atoms with Crippen molar-refractivity contribution >= 4 is 0 Å². The second-order valence-corrected chi connectivity index (χ2v) is 5.26. The van der Waals surface area contributed by atoms with Gasteiger partial charge in [0.15, 0.2) is 0 Å². The number of rotatable bonds is 4. The van der Waals surface area contributed by atoms with Crippen molar-refractivity contribution in [2.45, 2.75) is 26.0 Å². The fourth-order valence-corrected chi connectivity index (χ4v) is 2.21. The van der Waals surface area contributed by atoms with Crippen LogP contribution in [0.4, 0.5) is 0 Å². The number of nitrogens with zero attached hydrogens (tertiary/aromatic N) is 2. The number of aromatic nitrogens is 1. The number of aliphatic hydroxyl groups is 1. The molecule has 0 radical (unpaired) electrons. The van der Waals surface area contributed by atoms with Gasteiger partial charge in [0.25, 0.3) is 0 Å². The van der Waals surface area contributed by atoms with Crippen LogP contribution in [-0.2, 0) is 4.74 Å². The van der Waals surface area contributed by atoms with Gasteiger partial charge in [-0.2, -0.15) is 0 Å². The van der Waals surface area contributed by atoms with Gasteiger partial charge in [-0.3, -0.25) is 9.88 Å². The van der Waals surface area contributed by atoms with E-state index in [0.717, 1.165) is 25.3 Å². The lowest BCUT2D eigenvalue weighted by molar-refractivity contribution is -0.0564. The van der Waals surface area contributed by atoms with Crippen LogP contribution in [0, 0.1) is 11.8 Å². The van der Waals surface area contributed by atoms with Crippen LogP contribution in [-0.4, -0.2) is 60.0 Å². The zero-order chi connectivity index (χ0) is 15.1. The maximum absolute atomic E-state index is 8.69. The fraction of sp³-hybridized carbons (Fsp3) is 0.562. The second kappa shape index (κ2) is 7.99. The molecule has 1 aliphatic rings. The summed E-state index contributed by atoms with van der Waals surface area (Å²) in [6.07, 6.45) is 3.38. The summed E-state index contributed by atoms with van der Waals surface area (Å²) in [4.78, 5) is 6.47. The molecule has 1 unspecified atom stereocenters. The van der Waals surface area contributed by atoms with E-state index in [-0.39, 0.29) is 12.7 Å². The quantitative estimate of drug-likeness (QED) is 0.836. The van der Waals surface area contributed by atoms with Crippen molar-refractivity contribution < 1.29 is 14.6 Å². The molecule has 0 aromatic carbocycles. The van der Waals surface area contributed by atoms with Crippen LogP contribution in [0.3, 0.4) is 0 Å². The number of hydrogen-bond donors (Lipinski definition) is 1. The molecule has 1 fully saturated rings. The van der Waals surface area contributed by atoms with E-state index >= 15 is 0 Å². The van der Waals surface area contributed by atoms with Crippen molar-refractivity contribution in [2.24, 2.45) is 0 Å². The molecule has 0 spiro atoms. The summed E-state index contributed by atoms with van der Waals surface area (Å²) >= 11 is 0. The Morgan fingerprint density at radius 2 is 2.38 bits per heavy atom. The van der Waals surface area contributed by atoms with Crippen LogP contribution in [0.25, 0.3) is 0 Å². The summed E-state index contributed by atoms with van der Waals surface area (Å²) in [5.41, 5.74) is 0.731. The summed E-state index contributed by atoms with van der Waals surface area (Å²) < 4.78 is 11.5. The number of aliphatic hydroxyl groups excluding tert-OH is 1. The molecule has 114 valence electrons. The largest absolute Gasteiger partial charge is 0.489 e. The van der Waals surface area contributed by atoms with E-state index in [1.165, 1.54) is 0 Å². The third-order valence-electron chi connectivity index (χ3n) is 3.36. The van der Waals surface area contributed by atoms with E-state index < -0.39 is 0 Å². The molecule has 1 atom stereocenters. The van der Waals surface area contributed by atoms with Crippen molar-refractivity contribution in [3.63, 3.8) is 0 Å². The molecular formula is C16H22N2O3. The predicted octanol–water partition coefficient (Wildman–Crippen LogP) is 0.913. The average molecular weight is 290 g/mol. The summed E-state index contributed by atoms with van der Waals surface area (Å²) in [7, 11) is 0. The van der Waals surface area contributed by atoms with Gasteiger partial charge in [-0.15, -0.1) is 0 Å². The van der Waals surface area contributed by atoms with Crippen molar-refractivity contribution in [1.29, 1.82) is 0 Å². The molecule has 1 aromatic heterocycles. The highest BCUT2D eigenvalue weighted by Crippen LogP contribution is 2.13. The summed E-state index contributed by atoms with van der Waals surface area (Å²) in [5.74, 6) is 6.08. The number of ether oxygens (including phenoxy) is 2. The highest BCUT2D eigenvalue weighted by atomic mass is 16.5. The Balaban J connectivity index is 1.88. The lowest BCUT2D eigenvalue weighted by Gasteiger charge is -2.35. The van der Waals surface area contributed by atoms with E-state index in [4.69, 9.17) is 14.6 Å². The monoisotopic (exact) mass is 290 g/mol. The van der Waals surface area contributed by atoms with E-state index in [2.05, 4.69) is 35.6 Å². The van der Waals surface area contributed by atoms with E-state index in [0.29, 0.717) is 18.4 Å². The molecular weight excluding hydrogens is 268 g/mol. The molecule has 21 heavy (non-hydrogen) atoms. The van der Waals surface area contributed by atoms with Crippen molar-refractivity contribution in [2.75, 3.05) is 32.9 Å². The minimum atomic E-state index is -0.161. The summed E-state index contributed by atoms with van der Waals surface area (Å²) in [6, 6.07) is 2.34. The van der Waals surface area contributed by atoms with Crippen molar-refractivity contribution in [1.82, 2.24) is 9.88 Å². The minimum Gasteiger partial charge on any atom is -0.489 e. The number of pyridine rings is 1. The Morgan fingerprint density at radius 1 is 1.52 bits per heavy atom. The van der Waals surface area contributed by atoms with Gasteiger partial charge < -0.3 is 14.6 Å². The Hall–Kier alpha value is -1.61. The SMILES string of the molecule is CC(C)N1CCOC(COc2cncc(C#CCO)c2)C1. The molecule has 1 saturated heterocycles. The van der Waals surface area contributed by atoms with Crippen LogP contribution in [0.5, 0.6) is 5.75 Å². The van der Waals surface area contributed by atoms with Gasteiger partial charge in [-0.05, 0) is 19.9 Å². The zero-order valence-corrected chi connectivity index (χ0v) is 12.6. The summed E-state index contributed by atoms with van der Waals surface area (Å²) in [5, 5.41) is 8.69. The maximum Gasteiger partial charge on any atom is 0.138 e. The zero-order valence-electron chi connectivity index (χ0n) is 12.6. The molecule has 0 saturated carbocycles. The highest BCUT2D eigenvalue weighted by Gasteiger charge is 2.22. The van der Waals surface area contributed by atoms with Gasteiger partial charge in [0.2, 0.25) is 0 Å². The van der Waals surface area contributed by atoms with Crippen LogP contribution >= 0.6 is 0 Å². The predicted molar refractivity (Wildman–Crippen MR) is 80.1 cm³/mol. The number of morpholine rings is 1. The fourth-order valence-electron chi connectivity index (χ4n) is 2.21. The Bertz CT molecular complexity index is 508. The van der Waals surface area contributed by atoms with E-state index in [1.807, 2.05) is 6.07 Å². The first-order chi connectivity index (χ1) is 10.2. The van der Waals surface area contributed by atoms with Crippen molar-refractivity contribution in [3.8, 4) is 17.6 Å². The summed E-state index contributed by atoms with van der Waals surface area (Å²) in [6.45, 7) is 7.32. The standard InChI is InChI=1S/C16H22N2O3/c1-13(2)18-5-7-20-16(11-18)12-21-15-8-14(4-3-6-19)9-17-10-15/h8-10,13,16,19H,5-7,11-12H2,1-2H3. The van der Waals surface area contributed by atoms with Crippen LogP contribution < -0.4 is 4.74 Å². The number of hydrogen-bond acceptors (Lipinski definition) is 5. The molecule has 1 N–H and O–H groups in total. The van der Waals surface area contributed by atoms with Gasteiger partial charge in [-0.1, -0.05) is 11.8 Å². The molecule has 1 aliphatic heterocycles. The first-order valence-corrected chi connectivity index (χ1v) is 7.22. The first-order valence-electron chi connectivity index (χ1n) is 7.22. The Kier molecular flexibility index (Phi) is 6.00. The highest BCUT2D eigenvalue weighted by molar-refractivity contribution is 5.36. The third kappa shape index (κ3) is 5.01. The van der Waals surface area contributed by atoms with Gasteiger partial charge in [0, 0.05) is 30.9 Å². The maximum atomic E-state index is 8.69. The molecule has 1 aromatic rings. The van der Waals surface area contributed by atoms with Gasteiger partial charge in [-0.25, -0.2) is 0 Å². The van der Waals surface area contributed by atoms with Gasteiger partial charge in [0.1, 0.15) is 25.1 Å². The lowest BCUT2D eigenvalue weighted by atomic mass is 10.2. The molecule has 5 heteroatoms. The van der Waals surface area contributed by atoms with Crippen LogP contribution in [0.2, 0.25) is 0 Å². The molecule has 0 aliphatic carbocycles.